The summed E-state index contributed by atoms with van der Waals surface area (Å²) in [5, 5.41) is 3.93. The van der Waals surface area contributed by atoms with E-state index in [1.54, 1.807) is 6.07 Å². The third kappa shape index (κ3) is 2.39. The van der Waals surface area contributed by atoms with Gasteiger partial charge in [-0.2, -0.15) is 0 Å². The average Bonchev–Trinajstić information content (AvgIpc) is 3.32. The van der Waals surface area contributed by atoms with Gasteiger partial charge < -0.3 is 10.1 Å². The summed E-state index contributed by atoms with van der Waals surface area (Å²) in [5.41, 5.74) is 1.03. The van der Waals surface area contributed by atoms with Gasteiger partial charge in [-0.25, -0.2) is 0 Å². The molecule has 2 fully saturated rings. The molecule has 1 heterocycles. The fourth-order valence-corrected chi connectivity index (χ4v) is 3.35. The quantitative estimate of drug-likeness (QED) is 0.926. The Labute approximate surface area is 123 Å². The van der Waals surface area contributed by atoms with E-state index in [2.05, 4.69) is 5.32 Å². The number of fused-ring (bicyclic) bond motifs is 1. The first-order chi connectivity index (χ1) is 9.70. The smallest absolute Gasteiger partial charge is 0.261 e. The average molecular weight is 292 g/mol. The van der Waals surface area contributed by atoms with E-state index < -0.39 is 0 Å². The van der Waals surface area contributed by atoms with Crippen molar-refractivity contribution < 1.29 is 9.53 Å². The van der Waals surface area contributed by atoms with E-state index in [0.29, 0.717) is 29.3 Å². The number of carbonyl (C=O) groups excluding carboxylic acids is 1. The Bertz CT molecular complexity index is 539. The molecule has 4 heteroatoms. The molecule has 1 aromatic carbocycles. The minimum Gasteiger partial charge on any atom is -0.480 e. The summed E-state index contributed by atoms with van der Waals surface area (Å²) in [6.45, 7) is 0. The van der Waals surface area contributed by atoms with Gasteiger partial charge in [0.2, 0.25) is 0 Å². The molecule has 2 aliphatic carbocycles. The molecular weight excluding hydrogens is 274 g/mol. The van der Waals surface area contributed by atoms with Gasteiger partial charge in [0.15, 0.2) is 6.10 Å². The number of ether oxygens (including phenoxy) is 1. The van der Waals surface area contributed by atoms with Crippen LogP contribution in [0, 0.1) is 11.8 Å². The highest BCUT2D eigenvalue weighted by molar-refractivity contribution is 6.30. The molecule has 1 aliphatic heterocycles. The zero-order valence-corrected chi connectivity index (χ0v) is 12.0. The number of halogens is 1. The largest absolute Gasteiger partial charge is 0.480 e. The lowest BCUT2D eigenvalue weighted by Gasteiger charge is -2.20. The van der Waals surface area contributed by atoms with Gasteiger partial charge in [0.05, 0.1) is 0 Å². The number of benzene rings is 1. The lowest BCUT2D eigenvalue weighted by Crippen LogP contribution is -2.45. The molecule has 3 nitrogen and oxygen atoms in total. The van der Waals surface area contributed by atoms with Gasteiger partial charge in [0, 0.05) is 17.5 Å². The third-order valence-corrected chi connectivity index (χ3v) is 4.79. The number of carbonyl (C=O) groups is 1. The normalized spacial score (nSPS) is 24.4. The highest BCUT2D eigenvalue weighted by Crippen LogP contribution is 2.44. The van der Waals surface area contributed by atoms with Gasteiger partial charge in [-0.3, -0.25) is 4.79 Å². The van der Waals surface area contributed by atoms with Crippen molar-refractivity contribution in [2.75, 3.05) is 0 Å². The summed E-state index contributed by atoms with van der Waals surface area (Å²) < 4.78 is 5.75. The van der Waals surface area contributed by atoms with Crippen LogP contribution in [0.2, 0.25) is 5.02 Å². The molecule has 1 amide bonds. The third-order valence-electron chi connectivity index (χ3n) is 4.56. The van der Waals surface area contributed by atoms with Crippen molar-refractivity contribution in [2.24, 2.45) is 11.8 Å². The Morgan fingerprint density at radius 2 is 1.95 bits per heavy atom. The molecule has 3 aliphatic rings. The van der Waals surface area contributed by atoms with Crippen LogP contribution >= 0.6 is 11.6 Å². The predicted molar refractivity (Wildman–Crippen MR) is 77.0 cm³/mol. The molecular formula is C16H18ClNO2. The fraction of sp³-hybridized carbons (Fsp3) is 0.562. The Balaban J connectivity index is 1.42. The number of hydrogen-bond acceptors (Lipinski definition) is 2. The summed E-state index contributed by atoms with van der Waals surface area (Å²) >= 11 is 5.98. The summed E-state index contributed by atoms with van der Waals surface area (Å²) in [4.78, 5) is 12.4. The van der Waals surface area contributed by atoms with Crippen LogP contribution in [-0.4, -0.2) is 18.1 Å². The molecule has 0 spiro atoms. The Kier molecular flexibility index (Phi) is 2.92. The molecule has 1 N–H and O–H groups in total. The lowest BCUT2D eigenvalue weighted by molar-refractivity contribution is -0.128. The standard InChI is InChI=1S/C16H18ClNO2/c17-12-5-6-13-11(7-12)8-14(20-13)16(19)18-15(9-1-2-9)10-3-4-10/h5-7,9-10,14-15H,1-4,8H2,(H,18,19). The van der Waals surface area contributed by atoms with E-state index in [1.807, 2.05) is 12.1 Å². The van der Waals surface area contributed by atoms with E-state index in [0.717, 1.165) is 11.3 Å². The zero-order chi connectivity index (χ0) is 13.7. The van der Waals surface area contributed by atoms with Crippen molar-refractivity contribution in [3.05, 3.63) is 28.8 Å². The minimum atomic E-state index is -0.386. The maximum Gasteiger partial charge on any atom is 0.261 e. The Morgan fingerprint density at radius 3 is 2.60 bits per heavy atom. The number of rotatable bonds is 4. The second-order valence-corrected chi connectivity index (χ2v) is 6.71. The number of amides is 1. The molecule has 1 atom stereocenters. The van der Waals surface area contributed by atoms with Crippen LogP contribution in [0.25, 0.3) is 0 Å². The fourth-order valence-electron chi connectivity index (χ4n) is 3.15. The lowest BCUT2D eigenvalue weighted by atomic mass is 10.1. The van der Waals surface area contributed by atoms with Crippen LogP contribution in [0.5, 0.6) is 5.75 Å². The highest BCUT2D eigenvalue weighted by Gasteiger charge is 2.43. The highest BCUT2D eigenvalue weighted by atomic mass is 35.5. The van der Waals surface area contributed by atoms with Gasteiger partial charge in [0.25, 0.3) is 5.91 Å². The van der Waals surface area contributed by atoms with Gasteiger partial charge in [-0.05, 0) is 61.3 Å². The molecule has 1 aromatic rings. The maximum atomic E-state index is 12.4. The van der Waals surface area contributed by atoms with Gasteiger partial charge in [0.1, 0.15) is 5.75 Å². The molecule has 20 heavy (non-hydrogen) atoms. The van der Waals surface area contributed by atoms with Gasteiger partial charge >= 0.3 is 0 Å². The van der Waals surface area contributed by atoms with Gasteiger partial charge in [-0.15, -0.1) is 0 Å². The second-order valence-electron chi connectivity index (χ2n) is 6.27. The van der Waals surface area contributed by atoms with Crippen LogP contribution in [0.15, 0.2) is 18.2 Å². The summed E-state index contributed by atoms with van der Waals surface area (Å²) in [7, 11) is 0. The zero-order valence-electron chi connectivity index (χ0n) is 11.3. The van der Waals surface area contributed by atoms with E-state index in [1.165, 1.54) is 25.7 Å². The molecule has 0 aromatic heterocycles. The monoisotopic (exact) mass is 291 g/mol. The Morgan fingerprint density at radius 1 is 1.25 bits per heavy atom. The Hall–Kier alpha value is -1.22. The van der Waals surface area contributed by atoms with Crippen LogP contribution in [0.1, 0.15) is 31.2 Å². The molecule has 1 unspecified atom stereocenters. The second kappa shape index (κ2) is 4.66. The van der Waals surface area contributed by atoms with Crippen molar-refractivity contribution in [1.82, 2.24) is 5.32 Å². The first-order valence-corrected chi connectivity index (χ1v) is 7.84. The first kappa shape index (κ1) is 12.5. The number of nitrogens with one attached hydrogen (secondary N) is 1. The van der Waals surface area contributed by atoms with Crippen molar-refractivity contribution in [1.29, 1.82) is 0 Å². The number of hydrogen-bond donors (Lipinski definition) is 1. The van der Waals surface area contributed by atoms with Crippen LogP contribution in [0.3, 0.4) is 0 Å². The summed E-state index contributed by atoms with van der Waals surface area (Å²) in [6, 6.07) is 5.93. The van der Waals surface area contributed by atoms with E-state index in [-0.39, 0.29) is 12.0 Å². The van der Waals surface area contributed by atoms with Crippen molar-refractivity contribution in [3.63, 3.8) is 0 Å². The van der Waals surface area contributed by atoms with E-state index in [9.17, 15) is 4.79 Å². The molecule has 0 saturated heterocycles. The van der Waals surface area contributed by atoms with E-state index >= 15 is 0 Å². The minimum absolute atomic E-state index is 0.0427. The predicted octanol–water partition coefficient (Wildman–Crippen LogP) is 2.95. The molecule has 0 radical (unpaired) electrons. The summed E-state index contributed by atoms with van der Waals surface area (Å²) in [6.07, 6.45) is 5.31. The first-order valence-electron chi connectivity index (χ1n) is 7.46. The molecule has 4 rings (SSSR count). The van der Waals surface area contributed by atoms with E-state index in [4.69, 9.17) is 16.3 Å². The van der Waals surface area contributed by atoms with Crippen LogP contribution in [0.4, 0.5) is 0 Å². The van der Waals surface area contributed by atoms with Gasteiger partial charge in [-0.1, -0.05) is 11.6 Å². The van der Waals surface area contributed by atoms with Crippen molar-refractivity contribution in [3.8, 4) is 5.75 Å². The summed E-state index contributed by atoms with van der Waals surface area (Å²) in [5.74, 6) is 2.26. The molecule has 106 valence electrons. The van der Waals surface area contributed by atoms with Crippen molar-refractivity contribution >= 4 is 17.5 Å². The van der Waals surface area contributed by atoms with Crippen LogP contribution < -0.4 is 10.1 Å². The van der Waals surface area contributed by atoms with Crippen molar-refractivity contribution in [2.45, 2.75) is 44.2 Å². The van der Waals surface area contributed by atoms with Crippen LogP contribution in [-0.2, 0) is 11.2 Å². The molecule has 0 bridgehead atoms. The molecule has 2 saturated carbocycles. The maximum absolute atomic E-state index is 12.4. The SMILES string of the molecule is O=C(NC(C1CC1)C1CC1)C1Cc2cc(Cl)ccc2O1. The topological polar surface area (TPSA) is 38.3 Å².